The van der Waals surface area contributed by atoms with Crippen molar-refractivity contribution >= 4 is 228 Å². The van der Waals surface area contributed by atoms with Crippen molar-refractivity contribution in [1.29, 1.82) is 0 Å². The molecule has 21 heterocycles. The Balaban J connectivity index is 0.000000129. The number of aromatic nitrogens is 19. The molecule has 9 saturated heterocycles. The topological polar surface area (TPSA) is 719 Å². The van der Waals surface area contributed by atoms with Crippen molar-refractivity contribution in [3.63, 3.8) is 0 Å². The van der Waals surface area contributed by atoms with Crippen LogP contribution in [0, 0.1) is 0 Å². The number of carbonyl (C=O) groups is 3. The molecule has 21 rings (SSSR count). The number of thioether (sulfide) groups is 1. The zero-order chi connectivity index (χ0) is 94.6. The number of imidazole rings is 5. The Labute approximate surface area is 777 Å². The molecule has 12 aliphatic heterocycles. The van der Waals surface area contributed by atoms with Gasteiger partial charge in [-0.3, -0.25) is 98.2 Å². The number of aliphatic hydroxyl groups excluding tert-OH is 1. The first-order chi connectivity index (χ1) is 63.5. The van der Waals surface area contributed by atoms with E-state index in [4.69, 9.17) is 154 Å². The molecule has 6 bridgehead atoms. The summed E-state index contributed by atoms with van der Waals surface area (Å²) in [5, 5.41) is 17.1. The lowest BCUT2D eigenvalue weighted by molar-refractivity contribution is -0.0601. The summed E-state index contributed by atoms with van der Waals surface area (Å²) in [6.45, 7) is -28.9. The lowest BCUT2D eigenvalue weighted by Gasteiger charge is -2.28. The number of alkyl halides is 4. The number of nitrogens with two attached hydrogens (primary N) is 3. The van der Waals surface area contributed by atoms with Gasteiger partial charge >= 0.3 is 40.4 Å². The third-order valence-corrected chi connectivity index (χ3v) is 32.9. The van der Waals surface area contributed by atoms with E-state index in [1.54, 1.807) is 0 Å². The number of aliphatic imine (C=N–C) groups is 3. The Hall–Kier alpha value is -6.99. The van der Waals surface area contributed by atoms with E-state index in [1.165, 1.54) is 62.2 Å². The SMILES string of the molecule is Nc1nc2c(ncn2[C@@H]2O[C@@H]3COP(O)(=S)O[C@H]4[C@H](F)[C@H](n5cnc6c5N=CCC6=O)O[C@@H]4COP(O)(=S)O[C@@H]2[C@H]3F)c(=O)[nH]1.Nc1nc2c(ncn2[C@@H]2O[C@@H]3COP(O)(=S)O[C@H]4[C@H](F)[C@H](n5nnc6c5N=CCC6=O)O[C@@H]4COP(=O)(S)O[C@@H]2C3)c(=O)[nH]1.Nc1nc2c(ncn2[C@@H]2S[C@@H]3COP(O)(=S)O[C@H]4[C@H](F)[C@H](n5cnc6c5N=CCC6=O)O[C@@H]4COP(O)(=S)O[C@@H]2[C@@H]3O)c(=O)[nH]1. The molecule has 9 aromatic heterocycles. The fourth-order valence-corrected chi connectivity index (χ4v) is 26.3. The van der Waals surface area contributed by atoms with E-state index in [2.05, 4.69) is 92.4 Å². The van der Waals surface area contributed by atoms with Crippen LogP contribution in [0.4, 0.5) is 52.9 Å². The Morgan fingerprint density at radius 2 is 0.821 bits per heavy atom. The molecule has 0 aromatic carbocycles. The molecule has 9 aromatic rings. The van der Waals surface area contributed by atoms with Gasteiger partial charge in [-0.2, -0.15) is 19.6 Å². The number of fused-ring (bicyclic) bond motifs is 15. The summed E-state index contributed by atoms with van der Waals surface area (Å²) in [5.41, 5.74) is 15.0. The van der Waals surface area contributed by atoms with Gasteiger partial charge in [0.25, 0.3) is 16.7 Å². The van der Waals surface area contributed by atoms with Gasteiger partial charge in [0, 0.05) is 44.3 Å². The molecule has 72 heteroatoms. The average molecular weight is 2130 g/mol. The van der Waals surface area contributed by atoms with Gasteiger partial charge < -0.3 is 93.1 Å². The summed E-state index contributed by atoms with van der Waals surface area (Å²) in [6.07, 6.45) is -21.7. The summed E-state index contributed by atoms with van der Waals surface area (Å²) >= 11 is 31.0. The molecule has 6 unspecified atom stereocenters. The van der Waals surface area contributed by atoms with Gasteiger partial charge in [0.2, 0.25) is 17.8 Å². The van der Waals surface area contributed by atoms with E-state index >= 15 is 17.6 Å². The van der Waals surface area contributed by atoms with Crippen molar-refractivity contribution in [2.45, 2.75) is 165 Å². The molecule has 134 heavy (non-hydrogen) atoms. The Bertz CT molecular complexity index is 6580. The van der Waals surface area contributed by atoms with Gasteiger partial charge in [0.05, 0.1) is 88.7 Å². The van der Waals surface area contributed by atoms with E-state index in [1.807, 2.05) is 0 Å². The molecule has 15 N–H and O–H groups in total. The molecule has 29 atom stereocenters. The van der Waals surface area contributed by atoms with Crippen molar-refractivity contribution in [1.82, 2.24) is 92.7 Å². The number of Topliss-reactive ketones (excluding diaryl/α,β-unsaturated/α-hetero) is 3. The van der Waals surface area contributed by atoms with Crippen LogP contribution in [-0.4, -0.2) is 301 Å². The van der Waals surface area contributed by atoms with Crippen molar-refractivity contribution in [2.75, 3.05) is 56.8 Å². The maximum atomic E-state index is 16.0. The standard InChI is InChI=1S/C21H22F2N8O10P2S2.C21H23FN8O10P2S3.C20H22FN9O10P2S2/c22-10-8-3-36-42(34,44)40-14-9(39-19(11(14)23)30-5-26-12-7(32)1-2-25-16(12)30)4-37-43(35,45)41-15(10)20(38-8)31-6-27-13-17(31)28-21(24)29-18(13)33;22-10-14-8(38-19(10)29-5-25-11-7(31)1-2-24-16(11)29)3-36-41(34,43)40-15-13(32)9(4-37-42(35,44)39-14)45-20(15)30-6-26-12-17(30)27-21(23)28-18(12)33;21-11-14-10(38-19(11)30-15-12(27-28-30)8(31)1-2-23-15)5-36-41(33,43)39-9-3-7(4-35-42(34,44)40-14)37-18(9)29-6-24-13-16(29)25-20(22)26-17(13)32/h2,5-6,8-11,14-15,19-20H,1,3-4H2,(H,34,44)(H,35,45)(H3,24,28,29,33);2,5-6,8-10,13-15,19-20,32H,1,3-4H2,(H,34,43)(H,35,44)(H3,23,27,28,33);2,6-7,9-11,14,18-19H,1,3-5H2,(H,33,43)(H,34,44)(H3,22,25,26,32)/t8-,9-,10+,11+,14-,15-,19-,20-,42?,43?;8-,9-,10+,13-,14-,15-,19-,20-,41?,42?;7-,9+,10+,11-,14+,18+,19+,41?,42?/m110/s1. The van der Waals surface area contributed by atoms with E-state index in [-0.39, 0.29) is 136 Å². The maximum Gasteiger partial charge on any atom is 0.386 e. The van der Waals surface area contributed by atoms with E-state index in [0.29, 0.717) is 0 Å². The fourth-order valence-electron chi connectivity index (χ4n) is 16.0. The van der Waals surface area contributed by atoms with E-state index in [0.717, 1.165) is 27.3 Å². The van der Waals surface area contributed by atoms with Gasteiger partial charge in [-0.25, -0.2) is 62.0 Å². The van der Waals surface area contributed by atoms with Gasteiger partial charge in [0.1, 0.15) is 66.4 Å². The number of nitrogens with one attached hydrogen (secondary N) is 3. The molecule has 720 valence electrons. The Kier molecular flexibility index (Phi) is 26.4. The first kappa shape index (κ1) is 95.9. The highest BCUT2D eigenvalue weighted by molar-refractivity contribution is 8.44. The number of rotatable bonds is 6. The zero-order valence-corrected chi connectivity index (χ0v) is 77.9. The lowest BCUT2D eigenvalue weighted by atomic mass is 10.1. The molecule has 9 fully saturated rings. The largest absolute Gasteiger partial charge is 0.389 e. The van der Waals surface area contributed by atoms with Crippen LogP contribution in [0.15, 0.2) is 61.0 Å². The zero-order valence-electron chi connectivity index (χ0n) is 66.8. The fraction of sp³-hybridized carbons (Fsp3) is 0.532. The number of hydrogen-bond donors (Lipinski definition) is 13. The predicted octanol–water partition coefficient (Wildman–Crippen LogP) is 1.83. The first-order valence-electron chi connectivity index (χ1n) is 39.1. The number of anilines is 3. The van der Waals surface area contributed by atoms with Crippen LogP contribution in [0.3, 0.4) is 0 Å². The minimum absolute atomic E-state index is 0.00693. The summed E-state index contributed by atoms with van der Waals surface area (Å²) in [7, 11) is 0. The van der Waals surface area contributed by atoms with Gasteiger partial charge in [-0.1, -0.05) is 17.5 Å². The quantitative estimate of drug-likeness (QED) is 0.0641. The van der Waals surface area contributed by atoms with Crippen LogP contribution in [0.25, 0.3) is 33.5 Å². The number of nitrogen functional groups attached to an aromatic ring is 3. The monoisotopic (exact) mass is 2130 g/mol. The molecule has 12 aliphatic rings. The minimum atomic E-state index is -4.36. The molecular weight excluding hydrogens is 2060 g/mol. The van der Waals surface area contributed by atoms with Crippen molar-refractivity contribution in [3.8, 4) is 0 Å². The molecule has 0 spiro atoms. The van der Waals surface area contributed by atoms with Gasteiger partial charge in [0.15, 0.2) is 141 Å². The van der Waals surface area contributed by atoms with Crippen LogP contribution < -0.4 is 33.9 Å². The highest BCUT2D eigenvalue weighted by Gasteiger charge is 2.59. The number of H-pyrrole nitrogens is 3. The summed E-state index contributed by atoms with van der Waals surface area (Å²) in [5.74, 6) is -1.55. The molecule has 0 aliphatic carbocycles. The van der Waals surface area contributed by atoms with Crippen LogP contribution in [-0.2, 0) is 142 Å². The average Bonchev–Trinajstić information content (AvgIpc) is 1.61. The summed E-state index contributed by atoms with van der Waals surface area (Å²) in [6, 6.07) is 0. The summed E-state index contributed by atoms with van der Waals surface area (Å²) in [4.78, 5) is 180. The number of hydrogen-bond acceptors (Lipinski definition) is 47. The number of thiol groups is 1. The third kappa shape index (κ3) is 18.9. The molecule has 0 radical (unpaired) electrons. The molecule has 55 nitrogen and oxygen atoms in total. The minimum Gasteiger partial charge on any atom is -0.389 e. The number of nitrogens with zero attached hydrogens (tertiary/aromatic N) is 19. The third-order valence-electron chi connectivity index (χ3n) is 21.9. The molecule has 0 saturated carbocycles. The Morgan fingerprint density at radius 3 is 1.32 bits per heavy atom. The van der Waals surface area contributed by atoms with Gasteiger partial charge in [-0.05, 0) is 59.0 Å². The highest BCUT2D eigenvalue weighted by atomic mass is 32.7. The Morgan fingerprint density at radius 1 is 0.433 bits per heavy atom. The van der Waals surface area contributed by atoms with E-state index in [9.17, 15) is 62.9 Å². The van der Waals surface area contributed by atoms with Crippen molar-refractivity contribution < 1.29 is 144 Å². The number of ether oxygens (including phenoxy) is 5. The first-order valence-corrected chi connectivity index (χ1v) is 55.7. The van der Waals surface area contributed by atoms with Crippen LogP contribution in [0.2, 0.25) is 0 Å². The number of aliphatic hydroxyl groups is 1. The second-order valence-electron chi connectivity index (χ2n) is 30.6. The number of ketones is 3. The van der Waals surface area contributed by atoms with Gasteiger partial charge in [-0.15, -0.1) is 16.9 Å². The lowest BCUT2D eigenvalue weighted by Crippen LogP contribution is -2.35. The number of carbonyl (C=O) groups excluding carboxylic acids is 3. The highest BCUT2D eigenvalue weighted by Crippen LogP contribution is 2.62. The maximum absolute atomic E-state index is 16.0. The van der Waals surface area contributed by atoms with Crippen LogP contribution in [0.1, 0.15) is 93.7 Å². The smallest absolute Gasteiger partial charge is 0.386 e. The van der Waals surface area contributed by atoms with Crippen LogP contribution >= 0.6 is 64.4 Å². The van der Waals surface area contributed by atoms with Crippen molar-refractivity contribution in [2.24, 2.45) is 15.0 Å². The predicted molar refractivity (Wildman–Crippen MR) is 468 cm³/mol. The number of halogens is 4. The van der Waals surface area contributed by atoms with Crippen LogP contribution in [0.5, 0.6) is 0 Å². The number of aromatic amines is 3. The van der Waals surface area contributed by atoms with E-state index < -0.39 is 230 Å². The second-order valence-corrected chi connectivity index (χ2v) is 48.7. The molecular formula is C62H67F4N25O30P6S7. The molecule has 0 amide bonds. The normalized spacial score (nSPS) is 38.4. The van der Waals surface area contributed by atoms with Crippen molar-refractivity contribution in [3.05, 3.63) is 79.8 Å². The second kappa shape index (κ2) is 36.9. The summed E-state index contributed by atoms with van der Waals surface area (Å²) < 4.78 is 181.